The predicted molar refractivity (Wildman–Crippen MR) is 118 cm³/mol. The van der Waals surface area contributed by atoms with E-state index in [4.69, 9.17) is 0 Å². The summed E-state index contributed by atoms with van der Waals surface area (Å²) in [6.45, 7) is 3.61. The molecule has 2 aromatic rings. The lowest BCUT2D eigenvalue weighted by Crippen LogP contribution is -2.52. The maximum atomic E-state index is 13.1. The fourth-order valence-electron chi connectivity index (χ4n) is 4.22. The summed E-state index contributed by atoms with van der Waals surface area (Å²) in [5.74, 6) is -0.508. The van der Waals surface area contributed by atoms with Crippen molar-refractivity contribution in [3.05, 3.63) is 60.2 Å². The molecule has 2 amide bonds. The third kappa shape index (κ3) is 4.36. The number of aryl methyl sites for hydroxylation is 1. The Labute approximate surface area is 183 Å². The van der Waals surface area contributed by atoms with Gasteiger partial charge in [-0.1, -0.05) is 37.3 Å². The SMILES string of the molecule is CCc1cccc(N2CC(C(=O)N3CCN(S(=O)(=O)c4ccccc4)CC3)CC2=O)c1. The van der Waals surface area contributed by atoms with Gasteiger partial charge in [-0.2, -0.15) is 4.31 Å². The van der Waals surface area contributed by atoms with E-state index in [1.54, 1.807) is 40.1 Å². The highest BCUT2D eigenvalue weighted by Crippen LogP contribution is 2.28. The van der Waals surface area contributed by atoms with Crippen LogP contribution in [0.5, 0.6) is 0 Å². The predicted octanol–water partition coefficient (Wildman–Crippen LogP) is 2.13. The number of benzene rings is 2. The number of hydrogen-bond donors (Lipinski definition) is 0. The third-order valence-electron chi connectivity index (χ3n) is 6.04. The van der Waals surface area contributed by atoms with Gasteiger partial charge >= 0.3 is 0 Å². The zero-order chi connectivity index (χ0) is 22.0. The standard InChI is InChI=1S/C23H27N3O4S/c1-2-18-7-6-8-20(15-18)26-17-19(16-22(26)27)23(28)24-11-13-25(14-12-24)31(29,30)21-9-4-3-5-10-21/h3-10,15,19H,2,11-14,16-17H2,1H3. The first-order chi connectivity index (χ1) is 14.9. The second-order valence-corrected chi connectivity index (χ2v) is 9.91. The molecule has 0 aromatic heterocycles. The van der Waals surface area contributed by atoms with Gasteiger partial charge in [-0.25, -0.2) is 8.42 Å². The molecule has 2 aromatic carbocycles. The summed E-state index contributed by atoms with van der Waals surface area (Å²) in [6, 6.07) is 16.2. The number of rotatable bonds is 5. The summed E-state index contributed by atoms with van der Waals surface area (Å²) in [7, 11) is -3.56. The van der Waals surface area contributed by atoms with Crippen molar-refractivity contribution in [1.29, 1.82) is 0 Å². The molecule has 0 radical (unpaired) electrons. The molecule has 0 saturated carbocycles. The number of carbonyl (C=O) groups is 2. The molecule has 2 aliphatic heterocycles. The van der Waals surface area contributed by atoms with Gasteiger partial charge in [0.25, 0.3) is 0 Å². The first-order valence-electron chi connectivity index (χ1n) is 10.6. The molecule has 8 heteroatoms. The van der Waals surface area contributed by atoms with E-state index in [1.807, 2.05) is 24.3 Å². The Hall–Kier alpha value is -2.71. The Morgan fingerprint density at radius 2 is 1.71 bits per heavy atom. The molecule has 1 atom stereocenters. The third-order valence-corrected chi connectivity index (χ3v) is 7.95. The van der Waals surface area contributed by atoms with Crippen LogP contribution in [0, 0.1) is 5.92 Å². The number of carbonyl (C=O) groups excluding carboxylic acids is 2. The highest BCUT2D eigenvalue weighted by molar-refractivity contribution is 7.89. The van der Waals surface area contributed by atoms with Crippen molar-refractivity contribution in [2.45, 2.75) is 24.7 Å². The van der Waals surface area contributed by atoms with Gasteiger partial charge in [0, 0.05) is 44.8 Å². The molecule has 164 valence electrons. The van der Waals surface area contributed by atoms with E-state index < -0.39 is 15.9 Å². The Morgan fingerprint density at radius 1 is 1.00 bits per heavy atom. The van der Waals surface area contributed by atoms with Crippen LogP contribution in [0.2, 0.25) is 0 Å². The highest BCUT2D eigenvalue weighted by atomic mass is 32.2. The van der Waals surface area contributed by atoms with E-state index in [0.29, 0.717) is 19.6 Å². The van der Waals surface area contributed by atoms with Crippen molar-refractivity contribution in [1.82, 2.24) is 9.21 Å². The molecular formula is C23H27N3O4S. The van der Waals surface area contributed by atoms with Crippen LogP contribution in [0.1, 0.15) is 18.9 Å². The average molecular weight is 442 g/mol. The normalized spacial score (nSPS) is 20.3. The molecular weight excluding hydrogens is 414 g/mol. The Kier molecular flexibility index (Phi) is 6.11. The van der Waals surface area contributed by atoms with Crippen molar-refractivity contribution >= 4 is 27.5 Å². The minimum absolute atomic E-state index is 0.0445. The summed E-state index contributed by atoms with van der Waals surface area (Å²) in [5.41, 5.74) is 1.98. The summed E-state index contributed by atoms with van der Waals surface area (Å²) in [4.78, 5) is 29.3. The van der Waals surface area contributed by atoms with E-state index in [2.05, 4.69) is 6.92 Å². The van der Waals surface area contributed by atoms with Gasteiger partial charge in [-0.3, -0.25) is 9.59 Å². The molecule has 2 fully saturated rings. The number of amides is 2. The minimum atomic E-state index is -3.56. The van der Waals surface area contributed by atoms with Crippen LogP contribution < -0.4 is 4.90 Å². The Bertz CT molecular complexity index is 1060. The summed E-state index contributed by atoms with van der Waals surface area (Å²) < 4.78 is 27.0. The lowest BCUT2D eigenvalue weighted by Gasteiger charge is -2.35. The first-order valence-corrected chi connectivity index (χ1v) is 12.1. The van der Waals surface area contributed by atoms with Crippen LogP contribution in [0.15, 0.2) is 59.5 Å². The highest BCUT2D eigenvalue weighted by Gasteiger charge is 2.39. The maximum absolute atomic E-state index is 13.1. The molecule has 2 heterocycles. The van der Waals surface area contributed by atoms with Crippen LogP contribution >= 0.6 is 0 Å². The van der Waals surface area contributed by atoms with E-state index in [1.165, 1.54) is 4.31 Å². The summed E-state index contributed by atoms with van der Waals surface area (Å²) >= 11 is 0. The summed E-state index contributed by atoms with van der Waals surface area (Å²) in [5, 5.41) is 0. The number of hydrogen-bond acceptors (Lipinski definition) is 4. The first kappa shape index (κ1) is 21.5. The van der Waals surface area contributed by atoms with E-state index >= 15 is 0 Å². The van der Waals surface area contributed by atoms with Crippen molar-refractivity contribution in [3.8, 4) is 0 Å². The van der Waals surface area contributed by atoms with Crippen LogP contribution in [0.4, 0.5) is 5.69 Å². The quantitative estimate of drug-likeness (QED) is 0.712. The van der Waals surface area contributed by atoms with Crippen molar-refractivity contribution in [2.24, 2.45) is 5.92 Å². The van der Waals surface area contributed by atoms with Gasteiger partial charge < -0.3 is 9.80 Å². The molecule has 0 N–H and O–H groups in total. The fraction of sp³-hybridized carbons (Fsp3) is 0.391. The fourth-order valence-corrected chi connectivity index (χ4v) is 5.66. The largest absolute Gasteiger partial charge is 0.340 e. The lowest BCUT2D eigenvalue weighted by atomic mass is 10.1. The molecule has 31 heavy (non-hydrogen) atoms. The molecule has 2 saturated heterocycles. The second kappa shape index (κ2) is 8.80. The van der Waals surface area contributed by atoms with Crippen molar-refractivity contribution in [2.75, 3.05) is 37.6 Å². The van der Waals surface area contributed by atoms with Gasteiger partial charge in [-0.05, 0) is 36.2 Å². The molecule has 0 aliphatic carbocycles. The maximum Gasteiger partial charge on any atom is 0.243 e. The van der Waals surface area contributed by atoms with E-state index in [0.717, 1.165) is 17.7 Å². The van der Waals surface area contributed by atoms with Crippen LogP contribution in [0.3, 0.4) is 0 Å². The Balaban J connectivity index is 1.38. The molecule has 7 nitrogen and oxygen atoms in total. The Morgan fingerprint density at radius 3 is 2.39 bits per heavy atom. The molecule has 2 aliphatic rings. The lowest BCUT2D eigenvalue weighted by molar-refractivity contribution is -0.136. The zero-order valence-electron chi connectivity index (χ0n) is 17.6. The van der Waals surface area contributed by atoms with Crippen LogP contribution in [-0.2, 0) is 26.0 Å². The molecule has 0 bridgehead atoms. The topological polar surface area (TPSA) is 78.0 Å². The number of sulfonamides is 1. The molecule has 4 rings (SSSR count). The number of anilines is 1. The zero-order valence-corrected chi connectivity index (χ0v) is 18.4. The van der Waals surface area contributed by atoms with Gasteiger partial charge in [0.1, 0.15) is 0 Å². The second-order valence-electron chi connectivity index (χ2n) is 7.97. The van der Waals surface area contributed by atoms with Gasteiger partial charge in [-0.15, -0.1) is 0 Å². The van der Waals surface area contributed by atoms with Crippen molar-refractivity contribution in [3.63, 3.8) is 0 Å². The van der Waals surface area contributed by atoms with Gasteiger partial charge in [0.2, 0.25) is 21.8 Å². The van der Waals surface area contributed by atoms with Gasteiger partial charge in [0.15, 0.2) is 0 Å². The summed E-state index contributed by atoms with van der Waals surface area (Å²) in [6.07, 6.45) is 1.08. The molecule has 0 spiro atoms. The average Bonchev–Trinajstić information content (AvgIpc) is 3.21. The van der Waals surface area contributed by atoms with E-state index in [9.17, 15) is 18.0 Å². The van der Waals surface area contributed by atoms with Gasteiger partial charge in [0.05, 0.1) is 10.8 Å². The van der Waals surface area contributed by atoms with Crippen LogP contribution in [-0.4, -0.2) is 62.2 Å². The van der Waals surface area contributed by atoms with Crippen molar-refractivity contribution < 1.29 is 18.0 Å². The minimum Gasteiger partial charge on any atom is -0.340 e. The van der Waals surface area contributed by atoms with E-state index in [-0.39, 0.29) is 36.2 Å². The van der Waals surface area contributed by atoms with Crippen LogP contribution in [0.25, 0.3) is 0 Å². The monoisotopic (exact) mass is 441 g/mol. The number of piperazine rings is 1. The molecule has 1 unspecified atom stereocenters. The number of nitrogens with zero attached hydrogens (tertiary/aromatic N) is 3. The smallest absolute Gasteiger partial charge is 0.243 e.